The van der Waals surface area contributed by atoms with Crippen molar-refractivity contribution in [3.63, 3.8) is 0 Å². The van der Waals surface area contributed by atoms with Gasteiger partial charge in [0.05, 0.1) is 24.1 Å². The first-order chi connectivity index (χ1) is 11.2. The molecule has 1 N–H and O–H groups in total. The maximum Gasteiger partial charge on any atom is 0.259 e. The van der Waals surface area contributed by atoms with Gasteiger partial charge in [0.2, 0.25) is 0 Å². The molecule has 0 unspecified atom stereocenters. The lowest BCUT2D eigenvalue weighted by Gasteiger charge is -2.07. The van der Waals surface area contributed by atoms with Crippen molar-refractivity contribution >= 4 is 10.9 Å². The van der Waals surface area contributed by atoms with Crippen molar-refractivity contribution in [2.45, 2.75) is 6.61 Å². The molecule has 1 aromatic heterocycles. The minimum absolute atomic E-state index is 0.166. The monoisotopic (exact) mass is 310 g/mol. The summed E-state index contributed by atoms with van der Waals surface area (Å²) in [5, 5.41) is 0.506. The third kappa shape index (κ3) is 3.19. The van der Waals surface area contributed by atoms with Gasteiger partial charge in [0.1, 0.15) is 11.6 Å². The Morgan fingerprint density at radius 3 is 2.87 bits per heavy atom. The molecule has 5 heteroatoms. The average molecular weight is 310 g/mol. The maximum absolute atomic E-state index is 14.2. The molecule has 0 saturated carbocycles. The second-order valence-electron chi connectivity index (χ2n) is 5.04. The zero-order valence-electron chi connectivity index (χ0n) is 12.4. The topological polar surface area (TPSA) is 55.0 Å². The van der Waals surface area contributed by atoms with Crippen molar-refractivity contribution in [2.24, 2.45) is 0 Å². The van der Waals surface area contributed by atoms with Crippen molar-refractivity contribution in [1.82, 2.24) is 9.97 Å². The molecule has 3 rings (SSSR count). The third-order valence-electron chi connectivity index (χ3n) is 3.43. The SMILES string of the molecule is C=CCOCc1ccc(-c2nc3ccccc3c(=O)[nH]2)cc1F. The maximum atomic E-state index is 14.2. The van der Waals surface area contributed by atoms with Crippen molar-refractivity contribution in [2.75, 3.05) is 6.61 Å². The summed E-state index contributed by atoms with van der Waals surface area (Å²) in [6, 6.07) is 11.7. The minimum Gasteiger partial charge on any atom is -0.373 e. The Bertz CT molecular complexity index is 918. The molecule has 3 aromatic rings. The van der Waals surface area contributed by atoms with Gasteiger partial charge in [-0.3, -0.25) is 4.79 Å². The third-order valence-corrected chi connectivity index (χ3v) is 3.43. The molecule has 4 nitrogen and oxygen atoms in total. The molecule has 23 heavy (non-hydrogen) atoms. The largest absolute Gasteiger partial charge is 0.373 e. The number of aromatic amines is 1. The zero-order chi connectivity index (χ0) is 16.2. The molecule has 0 radical (unpaired) electrons. The summed E-state index contributed by atoms with van der Waals surface area (Å²) in [7, 11) is 0. The molecule has 0 amide bonds. The van der Waals surface area contributed by atoms with E-state index in [0.717, 1.165) is 0 Å². The van der Waals surface area contributed by atoms with Crippen LogP contribution in [0.4, 0.5) is 4.39 Å². The first-order valence-electron chi connectivity index (χ1n) is 7.15. The number of hydrogen-bond acceptors (Lipinski definition) is 3. The van der Waals surface area contributed by atoms with E-state index in [-0.39, 0.29) is 12.2 Å². The highest BCUT2D eigenvalue weighted by molar-refractivity contribution is 5.79. The van der Waals surface area contributed by atoms with Crippen LogP contribution in [0.3, 0.4) is 0 Å². The first kappa shape index (κ1) is 15.1. The van der Waals surface area contributed by atoms with Gasteiger partial charge in [0.15, 0.2) is 0 Å². The van der Waals surface area contributed by atoms with E-state index in [0.29, 0.717) is 34.5 Å². The first-order valence-corrected chi connectivity index (χ1v) is 7.15. The van der Waals surface area contributed by atoms with Crippen molar-refractivity contribution in [3.05, 3.63) is 76.9 Å². The molecular weight excluding hydrogens is 295 g/mol. The van der Waals surface area contributed by atoms with Crippen molar-refractivity contribution in [3.8, 4) is 11.4 Å². The van der Waals surface area contributed by atoms with Gasteiger partial charge in [-0.1, -0.05) is 30.3 Å². The minimum atomic E-state index is -0.401. The number of halogens is 1. The molecular formula is C18H15FN2O2. The van der Waals surface area contributed by atoms with Gasteiger partial charge in [-0.2, -0.15) is 0 Å². The van der Waals surface area contributed by atoms with Crippen LogP contribution in [0, 0.1) is 5.82 Å². The number of fused-ring (bicyclic) bond motifs is 1. The molecule has 0 aliphatic heterocycles. The predicted molar refractivity (Wildman–Crippen MR) is 87.6 cm³/mol. The number of aromatic nitrogens is 2. The second kappa shape index (κ2) is 6.54. The van der Waals surface area contributed by atoms with Crippen LogP contribution in [0.5, 0.6) is 0 Å². The number of rotatable bonds is 5. The summed E-state index contributed by atoms with van der Waals surface area (Å²) >= 11 is 0. The lowest BCUT2D eigenvalue weighted by atomic mass is 10.1. The molecule has 0 saturated heterocycles. The number of benzene rings is 2. The van der Waals surface area contributed by atoms with E-state index in [4.69, 9.17) is 4.74 Å². The molecule has 0 aliphatic carbocycles. The summed E-state index contributed by atoms with van der Waals surface area (Å²) in [5.74, 6) is -0.0615. The van der Waals surface area contributed by atoms with Gasteiger partial charge < -0.3 is 9.72 Å². The van der Waals surface area contributed by atoms with Crippen LogP contribution in [0.15, 0.2) is 59.9 Å². The summed E-state index contributed by atoms with van der Waals surface area (Å²) in [6.45, 7) is 4.07. The molecule has 2 aromatic carbocycles. The quantitative estimate of drug-likeness (QED) is 0.580. The van der Waals surface area contributed by atoms with Crippen LogP contribution in [0.2, 0.25) is 0 Å². The lowest BCUT2D eigenvalue weighted by Crippen LogP contribution is -2.09. The van der Waals surface area contributed by atoms with Crippen molar-refractivity contribution in [1.29, 1.82) is 0 Å². The Hall–Kier alpha value is -2.79. The molecule has 0 bridgehead atoms. The van der Waals surface area contributed by atoms with E-state index >= 15 is 0 Å². The fourth-order valence-electron chi connectivity index (χ4n) is 2.29. The van der Waals surface area contributed by atoms with E-state index in [1.807, 2.05) is 0 Å². The fraction of sp³-hybridized carbons (Fsp3) is 0.111. The Labute approximate surface area is 132 Å². The Morgan fingerprint density at radius 2 is 2.09 bits per heavy atom. The summed E-state index contributed by atoms with van der Waals surface area (Å²) < 4.78 is 19.4. The zero-order valence-corrected chi connectivity index (χ0v) is 12.4. The van der Waals surface area contributed by atoms with Crippen molar-refractivity contribution < 1.29 is 9.13 Å². The molecule has 0 fully saturated rings. The average Bonchev–Trinajstić information content (AvgIpc) is 2.56. The standard InChI is InChI=1S/C18H15FN2O2/c1-2-9-23-11-13-8-7-12(10-15(13)19)17-20-16-6-4-3-5-14(16)18(22)21-17/h2-8,10H,1,9,11H2,(H,20,21,22). The lowest BCUT2D eigenvalue weighted by molar-refractivity contribution is 0.146. The second-order valence-corrected chi connectivity index (χ2v) is 5.04. The van der Waals surface area contributed by atoms with E-state index in [2.05, 4.69) is 16.5 Å². The normalized spacial score (nSPS) is 10.8. The summed E-state index contributed by atoms with van der Waals surface area (Å²) in [6.07, 6.45) is 1.61. The number of hydrogen-bond donors (Lipinski definition) is 1. The van der Waals surface area contributed by atoms with Gasteiger partial charge in [-0.05, 0) is 18.2 Å². The van der Waals surface area contributed by atoms with Crippen LogP contribution in [0.1, 0.15) is 5.56 Å². The number of ether oxygens (including phenoxy) is 1. The number of para-hydroxylation sites is 1. The van der Waals surface area contributed by atoms with E-state index in [9.17, 15) is 9.18 Å². The molecule has 1 heterocycles. The highest BCUT2D eigenvalue weighted by Gasteiger charge is 2.09. The van der Waals surface area contributed by atoms with Gasteiger partial charge >= 0.3 is 0 Å². The summed E-state index contributed by atoms with van der Waals surface area (Å²) in [5.41, 5.74) is 1.28. The van der Waals surface area contributed by atoms with Crippen LogP contribution in [0.25, 0.3) is 22.3 Å². The van der Waals surface area contributed by atoms with E-state index in [1.54, 1.807) is 42.5 Å². The Kier molecular flexibility index (Phi) is 4.30. The molecule has 0 atom stereocenters. The summed E-state index contributed by atoms with van der Waals surface area (Å²) in [4.78, 5) is 19.2. The van der Waals surface area contributed by atoms with Crippen LogP contribution in [-0.4, -0.2) is 16.6 Å². The van der Waals surface area contributed by atoms with Crippen LogP contribution in [-0.2, 0) is 11.3 Å². The van der Waals surface area contributed by atoms with E-state index in [1.165, 1.54) is 6.07 Å². The molecule has 0 aliphatic rings. The van der Waals surface area contributed by atoms with Crippen LogP contribution < -0.4 is 5.56 Å². The number of nitrogens with zero attached hydrogens (tertiary/aromatic N) is 1. The van der Waals surface area contributed by atoms with Gasteiger partial charge in [-0.15, -0.1) is 6.58 Å². The van der Waals surface area contributed by atoms with Crippen LogP contribution >= 0.6 is 0 Å². The number of nitrogens with one attached hydrogen (secondary N) is 1. The predicted octanol–water partition coefficient (Wildman–Crippen LogP) is 3.43. The highest BCUT2D eigenvalue weighted by atomic mass is 19.1. The van der Waals surface area contributed by atoms with Gasteiger partial charge in [0.25, 0.3) is 5.56 Å². The smallest absolute Gasteiger partial charge is 0.259 e. The van der Waals surface area contributed by atoms with Gasteiger partial charge in [0, 0.05) is 11.1 Å². The number of H-pyrrole nitrogens is 1. The fourth-order valence-corrected chi connectivity index (χ4v) is 2.29. The van der Waals surface area contributed by atoms with Gasteiger partial charge in [-0.25, -0.2) is 9.37 Å². The molecule has 0 spiro atoms. The van der Waals surface area contributed by atoms with E-state index < -0.39 is 5.82 Å². The highest BCUT2D eigenvalue weighted by Crippen LogP contribution is 2.20. The molecule has 116 valence electrons. The Morgan fingerprint density at radius 1 is 1.26 bits per heavy atom. The Balaban J connectivity index is 1.97.